The van der Waals surface area contributed by atoms with Gasteiger partial charge < -0.3 is 9.47 Å². The number of alkyl halides is 3. The molecule has 4 nitrogen and oxygen atoms in total. The van der Waals surface area contributed by atoms with Gasteiger partial charge in [0.2, 0.25) is 0 Å². The molecule has 0 unspecified atom stereocenters. The minimum atomic E-state index is -4.64. The van der Waals surface area contributed by atoms with Crippen LogP contribution >= 0.6 is 11.6 Å². The summed E-state index contributed by atoms with van der Waals surface area (Å²) in [5.41, 5.74) is 1.32. The molecule has 9 heteroatoms. The lowest BCUT2D eigenvalue weighted by Gasteiger charge is -2.28. The minimum Gasteiger partial charge on any atom is -0.332 e. The molecule has 1 aliphatic heterocycles. The molecule has 1 amide bonds. The molecule has 0 radical (unpaired) electrons. The highest BCUT2D eigenvalue weighted by atomic mass is 35.5. The van der Waals surface area contributed by atoms with E-state index in [0.717, 1.165) is 17.3 Å². The van der Waals surface area contributed by atoms with Gasteiger partial charge in [-0.15, -0.1) is 0 Å². The van der Waals surface area contributed by atoms with Gasteiger partial charge in [0.25, 0.3) is 5.91 Å². The molecule has 0 N–H and O–H groups in total. The van der Waals surface area contributed by atoms with Crippen LogP contribution < -0.4 is 0 Å². The van der Waals surface area contributed by atoms with Crippen molar-refractivity contribution in [2.45, 2.75) is 25.7 Å². The maximum Gasteiger partial charge on any atom is 0.417 e. The van der Waals surface area contributed by atoms with Gasteiger partial charge in [-0.2, -0.15) is 13.2 Å². The van der Waals surface area contributed by atoms with E-state index in [2.05, 4.69) is 4.98 Å². The van der Waals surface area contributed by atoms with E-state index < -0.39 is 22.7 Å². The van der Waals surface area contributed by atoms with Gasteiger partial charge in [-0.05, 0) is 29.8 Å². The summed E-state index contributed by atoms with van der Waals surface area (Å²) >= 11 is 5.90. The fraction of sp³-hybridized carbons (Fsp3) is 0.238. The topological polar surface area (TPSA) is 38.1 Å². The summed E-state index contributed by atoms with van der Waals surface area (Å²) in [4.78, 5) is 18.6. The Morgan fingerprint density at radius 1 is 1.13 bits per heavy atom. The highest BCUT2D eigenvalue weighted by Gasteiger charge is 2.35. The highest BCUT2D eigenvalue weighted by molar-refractivity contribution is 6.34. The van der Waals surface area contributed by atoms with Gasteiger partial charge in [0, 0.05) is 25.2 Å². The SMILES string of the molecule is O=C(c1cccc(C(F)(F)F)c1Cl)N1CCc2c(ncn2Cc2ccc(F)cc2)C1. The van der Waals surface area contributed by atoms with Crippen molar-refractivity contribution in [1.82, 2.24) is 14.5 Å². The number of hydrogen-bond acceptors (Lipinski definition) is 2. The molecule has 1 aliphatic rings. The Kier molecular flexibility index (Phi) is 5.27. The van der Waals surface area contributed by atoms with Crippen LogP contribution in [-0.4, -0.2) is 26.9 Å². The molecule has 0 bridgehead atoms. The maximum atomic E-state index is 13.1. The first kappa shape index (κ1) is 20.4. The molecular formula is C21H16ClF4N3O. The van der Waals surface area contributed by atoms with Crippen LogP contribution in [0.3, 0.4) is 0 Å². The number of imidazole rings is 1. The Labute approximate surface area is 174 Å². The molecule has 2 heterocycles. The second kappa shape index (κ2) is 7.75. The predicted octanol–water partition coefficient (Wildman–Crippen LogP) is 4.94. The number of aromatic nitrogens is 2. The first-order valence-corrected chi connectivity index (χ1v) is 9.54. The Bertz CT molecular complexity index is 1090. The van der Waals surface area contributed by atoms with Crippen LogP contribution in [-0.2, 0) is 25.7 Å². The Hall–Kier alpha value is -2.87. The van der Waals surface area contributed by atoms with E-state index in [1.165, 1.54) is 29.2 Å². The maximum absolute atomic E-state index is 13.1. The second-order valence-corrected chi connectivity index (χ2v) is 7.41. The van der Waals surface area contributed by atoms with Crippen LogP contribution in [0.15, 0.2) is 48.8 Å². The van der Waals surface area contributed by atoms with Crippen LogP contribution in [0.2, 0.25) is 5.02 Å². The third-order valence-corrected chi connectivity index (χ3v) is 5.49. The molecule has 0 fully saturated rings. The second-order valence-electron chi connectivity index (χ2n) is 7.03. The van der Waals surface area contributed by atoms with Crippen molar-refractivity contribution in [3.63, 3.8) is 0 Å². The third kappa shape index (κ3) is 3.92. The van der Waals surface area contributed by atoms with E-state index in [1.807, 2.05) is 4.57 Å². The molecule has 156 valence electrons. The fourth-order valence-electron chi connectivity index (χ4n) is 3.55. The van der Waals surface area contributed by atoms with Crippen molar-refractivity contribution < 1.29 is 22.4 Å². The van der Waals surface area contributed by atoms with Crippen molar-refractivity contribution in [3.05, 3.63) is 87.7 Å². The quantitative estimate of drug-likeness (QED) is 0.544. The van der Waals surface area contributed by atoms with E-state index in [9.17, 15) is 22.4 Å². The van der Waals surface area contributed by atoms with Crippen LogP contribution in [0, 0.1) is 5.82 Å². The predicted molar refractivity (Wildman–Crippen MR) is 103 cm³/mol. The zero-order valence-corrected chi connectivity index (χ0v) is 16.3. The molecule has 0 atom stereocenters. The summed E-state index contributed by atoms with van der Waals surface area (Å²) < 4.78 is 54.3. The average molecular weight is 438 g/mol. The zero-order chi connectivity index (χ0) is 21.5. The van der Waals surface area contributed by atoms with E-state index >= 15 is 0 Å². The summed E-state index contributed by atoms with van der Waals surface area (Å²) in [6, 6.07) is 9.48. The van der Waals surface area contributed by atoms with E-state index in [1.54, 1.807) is 18.5 Å². The van der Waals surface area contributed by atoms with Gasteiger partial charge >= 0.3 is 6.18 Å². The van der Waals surface area contributed by atoms with Crippen molar-refractivity contribution in [1.29, 1.82) is 0 Å². The van der Waals surface area contributed by atoms with Gasteiger partial charge in [-0.3, -0.25) is 4.79 Å². The number of carbonyl (C=O) groups is 1. The molecule has 0 saturated heterocycles. The van der Waals surface area contributed by atoms with Crippen molar-refractivity contribution in [2.75, 3.05) is 6.54 Å². The van der Waals surface area contributed by atoms with Crippen molar-refractivity contribution in [3.8, 4) is 0 Å². The van der Waals surface area contributed by atoms with Gasteiger partial charge in [-0.25, -0.2) is 9.37 Å². The van der Waals surface area contributed by atoms with E-state index in [-0.39, 0.29) is 17.9 Å². The first-order chi connectivity index (χ1) is 14.2. The average Bonchev–Trinajstić information content (AvgIpc) is 3.10. The van der Waals surface area contributed by atoms with Crippen LogP contribution in [0.4, 0.5) is 17.6 Å². The number of fused-ring (bicyclic) bond motifs is 1. The Morgan fingerprint density at radius 3 is 2.57 bits per heavy atom. The van der Waals surface area contributed by atoms with Crippen molar-refractivity contribution in [2.24, 2.45) is 0 Å². The number of benzene rings is 2. The molecule has 30 heavy (non-hydrogen) atoms. The van der Waals surface area contributed by atoms with Crippen LogP contribution in [0.5, 0.6) is 0 Å². The summed E-state index contributed by atoms with van der Waals surface area (Å²) in [6.07, 6.45) is -2.49. The molecule has 0 aliphatic carbocycles. The standard InChI is InChI=1S/C21H16ClF4N3O/c22-19-15(2-1-3-16(19)21(24,25)26)20(30)28-9-8-18-17(11-28)27-12-29(18)10-13-4-6-14(23)7-5-13/h1-7,12H,8-11H2. The highest BCUT2D eigenvalue weighted by Crippen LogP contribution is 2.36. The number of hydrogen-bond donors (Lipinski definition) is 0. The van der Waals surface area contributed by atoms with Crippen LogP contribution in [0.1, 0.15) is 32.9 Å². The van der Waals surface area contributed by atoms with Gasteiger partial charge in [0.05, 0.1) is 34.7 Å². The normalized spacial score (nSPS) is 14.0. The lowest BCUT2D eigenvalue weighted by atomic mass is 10.1. The van der Waals surface area contributed by atoms with Crippen molar-refractivity contribution >= 4 is 17.5 Å². The summed E-state index contributed by atoms with van der Waals surface area (Å²) in [5.74, 6) is -0.876. The monoisotopic (exact) mass is 437 g/mol. The summed E-state index contributed by atoms with van der Waals surface area (Å²) in [6.45, 7) is 1.01. The number of halogens is 5. The largest absolute Gasteiger partial charge is 0.417 e. The summed E-state index contributed by atoms with van der Waals surface area (Å²) in [7, 11) is 0. The fourth-order valence-corrected chi connectivity index (χ4v) is 3.87. The van der Waals surface area contributed by atoms with Crippen LogP contribution in [0.25, 0.3) is 0 Å². The van der Waals surface area contributed by atoms with E-state index in [0.29, 0.717) is 25.2 Å². The molecule has 3 aromatic rings. The van der Waals surface area contributed by atoms with Gasteiger partial charge in [0.15, 0.2) is 0 Å². The number of nitrogens with zero attached hydrogens (tertiary/aromatic N) is 3. The number of amides is 1. The first-order valence-electron chi connectivity index (χ1n) is 9.16. The van der Waals surface area contributed by atoms with Gasteiger partial charge in [-0.1, -0.05) is 29.8 Å². The Morgan fingerprint density at radius 2 is 1.87 bits per heavy atom. The Balaban J connectivity index is 1.53. The molecule has 0 saturated carbocycles. The number of carbonyl (C=O) groups excluding carboxylic acids is 1. The lowest BCUT2D eigenvalue weighted by molar-refractivity contribution is -0.137. The minimum absolute atomic E-state index is 0.178. The summed E-state index contributed by atoms with van der Waals surface area (Å²) in [5, 5.41) is -0.595. The molecule has 1 aromatic heterocycles. The third-order valence-electron chi connectivity index (χ3n) is 5.08. The van der Waals surface area contributed by atoms with E-state index in [4.69, 9.17) is 11.6 Å². The number of rotatable bonds is 3. The zero-order valence-electron chi connectivity index (χ0n) is 15.6. The molecule has 2 aromatic carbocycles. The molecule has 0 spiro atoms. The molecular weight excluding hydrogens is 422 g/mol. The lowest BCUT2D eigenvalue weighted by Crippen LogP contribution is -2.37. The molecule has 4 rings (SSSR count). The van der Waals surface area contributed by atoms with Gasteiger partial charge in [0.1, 0.15) is 5.82 Å². The smallest absolute Gasteiger partial charge is 0.332 e.